The molecule has 0 saturated heterocycles. The van der Waals surface area contributed by atoms with E-state index in [1.54, 1.807) is 6.07 Å². The maximum absolute atomic E-state index is 10.7. The van der Waals surface area contributed by atoms with Crippen LogP contribution in [0.25, 0.3) is 0 Å². The van der Waals surface area contributed by atoms with Gasteiger partial charge in [-0.2, -0.15) is 0 Å². The summed E-state index contributed by atoms with van der Waals surface area (Å²) in [5, 5.41) is 18.2. The van der Waals surface area contributed by atoms with Gasteiger partial charge in [0, 0.05) is 0 Å². The second kappa shape index (κ2) is 4.66. The lowest BCUT2D eigenvalue weighted by atomic mass is 9.95. The van der Waals surface area contributed by atoms with Crippen molar-refractivity contribution < 1.29 is 15.0 Å². The summed E-state index contributed by atoms with van der Waals surface area (Å²) in [6.07, 6.45) is 3.44. The minimum absolute atomic E-state index is 0.483. The smallest absolute Gasteiger partial charge is 0.337 e. The number of benzene rings is 1. The van der Waals surface area contributed by atoms with E-state index in [-0.39, 0.29) is 0 Å². The molecule has 0 aromatic heterocycles. The van der Waals surface area contributed by atoms with Crippen molar-refractivity contribution in [1.82, 2.24) is 0 Å². The minimum Gasteiger partial charge on any atom is -0.479 e. The molecule has 1 aliphatic rings. The molecule has 3 heteroatoms. The molecule has 1 atom stereocenters. The zero-order chi connectivity index (χ0) is 11.5. The zero-order valence-corrected chi connectivity index (χ0v) is 9.10. The molecular formula is C13H16O3. The molecule has 0 spiro atoms. The van der Waals surface area contributed by atoms with Crippen LogP contribution in [-0.2, 0) is 4.79 Å². The molecule has 86 valence electrons. The lowest BCUT2D eigenvalue weighted by molar-refractivity contribution is -0.146. The summed E-state index contributed by atoms with van der Waals surface area (Å²) in [4.78, 5) is 10.7. The van der Waals surface area contributed by atoms with Crippen molar-refractivity contribution in [2.45, 2.75) is 37.7 Å². The van der Waals surface area contributed by atoms with E-state index in [1.165, 1.54) is 25.7 Å². The van der Waals surface area contributed by atoms with Crippen LogP contribution in [0.1, 0.15) is 48.8 Å². The number of aliphatic hydroxyl groups excluding tert-OH is 1. The summed E-state index contributed by atoms with van der Waals surface area (Å²) >= 11 is 0. The van der Waals surface area contributed by atoms with Gasteiger partial charge in [0.25, 0.3) is 0 Å². The summed E-state index contributed by atoms with van der Waals surface area (Å²) in [6, 6.07) is 7.34. The summed E-state index contributed by atoms with van der Waals surface area (Å²) in [7, 11) is 0. The van der Waals surface area contributed by atoms with E-state index in [9.17, 15) is 9.90 Å². The zero-order valence-electron chi connectivity index (χ0n) is 9.10. The minimum atomic E-state index is -1.40. The van der Waals surface area contributed by atoms with Crippen LogP contribution in [0.15, 0.2) is 24.3 Å². The van der Waals surface area contributed by atoms with Gasteiger partial charge in [0.05, 0.1) is 0 Å². The van der Waals surface area contributed by atoms with Crippen molar-refractivity contribution in [2.24, 2.45) is 0 Å². The van der Waals surface area contributed by atoms with Gasteiger partial charge in [-0.05, 0) is 29.9 Å². The van der Waals surface area contributed by atoms with Gasteiger partial charge in [0.1, 0.15) is 0 Å². The van der Waals surface area contributed by atoms with Gasteiger partial charge in [-0.15, -0.1) is 0 Å². The molecule has 1 aromatic rings. The Balaban J connectivity index is 2.21. The lowest BCUT2D eigenvalue weighted by Crippen LogP contribution is -2.10. The van der Waals surface area contributed by atoms with Gasteiger partial charge in [-0.1, -0.05) is 37.1 Å². The van der Waals surface area contributed by atoms with Crippen molar-refractivity contribution in [3.63, 3.8) is 0 Å². The Morgan fingerprint density at radius 3 is 2.62 bits per heavy atom. The first-order valence-corrected chi connectivity index (χ1v) is 5.69. The van der Waals surface area contributed by atoms with Crippen LogP contribution in [0.3, 0.4) is 0 Å². The van der Waals surface area contributed by atoms with Crippen LogP contribution < -0.4 is 0 Å². The van der Waals surface area contributed by atoms with E-state index in [0.717, 1.165) is 5.56 Å². The Labute approximate surface area is 94.7 Å². The first kappa shape index (κ1) is 11.1. The lowest BCUT2D eigenvalue weighted by Gasteiger charge is -2.12. The number of carboxylic acids is 1. The fourth-order valence-corrected chi connectivity index (χ4v) is 2.38. The maximum Gasteiger partial charge on any atom is 0.337 e. The van der Waals surface area contributed by atoms with Gasteiger partial charge >= 0.3 is 5.97 Å². The van der Waals surface area contributed by atoms with Gasteiger partial charge in [0.2, 0.25) is 0 Å². The standard InChI is InChI=1S/C13H16O3/c14-12(13(15)16)11-7-3-6-10(8-11)9-4-1-2-5-9/h3,6-9,12,14H,1-2,4-5H2,(H,15,16)/t12-/m1/s1. The normalized spacial score (nSPS) is 18.6. The monoisotopic (exact) mass is 220 g/mol. The SMILES string of the molecule is O=C(O)[C@H](O)c1cccc(C2CCCC2)c1. The predicted octanol–water partition coefficient (Wildman–Crippen LogP) is 2.46. The Morgan fingerprint density at radius 1 is 1.31 bits per heavy atom. The van der Waals surface area contributed by atoms with Crippen LogP contribution in [0.2, 0.25) is 0 Å². The van der Waals surface area contributed by atoms with Gasteiger partial charge in [-0.25, -0.2) is 4.79 Å². The Kier molecular flexibility index (Phi) is 3.25. The van der Waals surface area contributed by atoms with Crippen molar-refractivity contribution in [3.05, 3.63) is 35.4 Å². The molecule has 2 rings (SSSR count). The highest BCUT2D eigenvalue weighted by Gasteiger charge is 2.20. The molecule has 0 heterocycles. The third-order valence-corrected chi connectivity index (χ3v) is 3.29. The highest BCUT2D eigenvalue weighted by molar-refractivity contribution is 5.74. The average Bonchev–Trinajstić information content (AvgIpc) is 2.81. The molecule has 1 aliphatic carbocycles. The van der Waals surface area contributed by atoms with Crippen LogP contribution in [-0.4, -0.2) is 16.2 Å². The van der Waals surface area contributed by atoms with E-state index >= 15 is 0 Å². The fourth-order valence-electron chi connectivity index (χ4n) is 2.38. The summed E-state index contributed by atoms with van der Waals surface area (Å²) in [5.74, 6) is -0.649. The van der Waals surface area contributed by atoms with Crippen molar-refractivity contribution in [1.29, 1.82) is 0 Å². The predicted molar refractivity (Wildman–Crippen MR) is 60.2 cm³/mol. The van der Waals surface area contributed by atoms with E-state index in [1.807, 2.05) is 18.2 Å². The molecule has 1 fully saturated rings. The number of carboxylic acid groups (broad SMARTS) is 1. The van der Waals surface area contributed by atoms with Crippen LogP contribution in [0.4, 0.5) is 0 Å². The molecule has 3 nitrogen and oxygen atoms in total. The van der Waals surface area contributed by atoms with Crippen molar-refractivity contribution >= 4 is 5.97 Å². The van der Waals surface area contributed by atoms with Crippen LogP contribution in [0, 0.1) is 0 Å². The largest absolute Gasteiger partial charge is 0.479 e. The Bertz CT molecular complexity index is 381. The topological polar surface area (TPSA) is 57.5 Å². The fraction of sp³-hybridized carbons (Fsp3) is 0.462. The highest BCUT2D eigenvalue weighted by Crippen LogP contribution is 2.34. The number of hydrogen-bond acceptors (Lipinski definition) is 2. The number of hydrogen-bond donors (Lipinski definition) is 2. The van der Waals surface area contributed by atoms with E-state index in [4.69, 9.17) is 5.11 Å². The number of aliphatic carboxylic acids is 1. The van der Waals surface area contributed by atoms with E-state index in [2.05, 4.69) is 0 Å². The molecule has 0 unspecified atom stereocenters. The van der Waals surface area contributed by atoms with Gasteiger partial charge in [-0.3, -0.25) is 0 Å². The first-order valence-electron chi connectivity index (χ1n) is 5.69. The Morgan fingerprint density at radius 2 is 2.00 bits per heavy atom. The summed E-state index contributed by atoms with van der Waals surface area (Å²) < 4.78 is 0. The second-order valence-electron chi connectivity index (χ2n) is 4.39. The third-order valence-electron chi connectivity index (χ3n) is 3.29. The highest BCUT2D eigenvalue weighted by atomic mass is 16.4. The molecule has 2 N–H and O–H groups in total. The Hall–Kier alpha value is -1.35. The quantitative estimate of drug-likeness (QED) is 0.822. The summed E-state index contributed by atoms with van der Waals surface area (Å²) in [5.41, 5.74) is 1.65. The van der Waals surface area contributed by atoms with Gasteiger partial charge < -0.3 is 10.2 Å². The molecule has 16 heavy (non-hydrogen) atoms. The van der Waals surface area contributed by atoms with Crippen LogP contribution in [0.5, 0.6) is 0 Å². The summed E-state index contributed by atoms with van der Waals surface area (Å²) in [6.45, 7) is 0. The van der Waals surface area contributed by atoms with E-state index < -0.39 is 12.1 Å². The van der Waals surface area contributed by atoms with Crippen molar-refractivity contribution in [2.75, 3.05) is 0 Å². The molecule has 1 saturated carbocycles. The number of rotatable bonds is 3. The van der Waals surface area contributed by atoms with Crippen LogP contribution >= 0.6 is 0 Å². The molecule has 0 aliphatic heterocycles. The average molecular weight is 220 g/mol. The molecular weight excluding hydrogens is 204 g/mol. The van der Waals surface area contributed by atoms with E-state index in [0.29, 0.717) is 11.5 Å². The first-order chi connectivity index (χ1) is 7.68. The molecule has 0 radical (unpaired) electrons. The van der Waals surface area contributed by atoms with Crippen molar-refractivity contribution in [3.8, 4) is 0 Å². The molecule has 0 bridgehead atoms. The molecule has 1 aromatic carbocycles. The molecule has 0 amide bonds. The number of carbonyl (C=O) groups is 1. The van der Waals surface area contributed by atoms with Gasteiger partial charge in [0.15, 0.2) is 6.10 Å². The third kappa shape index (κ3) is 2.25. The number of aliphatic hydroxyl groups is 1. The second-order valence-corrected chi connectivity index (χ2v) is 4.39. The maximum atomic E-state index is 10.7.